The molecule has 0 spiro atoms. The van der Waals surface area contributed by atoms with Crippen LogP contribution in [0.5, 0.6) is 0 Å². The van der Waals surface area contributed by atoms with Crippen molar-refractivity contribution in [3.05, 3.63) is 42.2 Å². The standard InChI is InChI=1S/C18H21N5O3/c24-17(22-5-1-2-6-22)14-12-19-13-16(20-14)21-7-9-23(10-8-21)18(25)15-4-3-11-26-15/h3-4,11-13H,1-2,5-10H2. The van der Waals surface area contributed by atoms with Gasteiger partial charge in [0.2, 0.25) is 0 Å². The van der Waals surface area contributed by atoms with Crippen molar-refractivity contribution in [2.24, 2.45) is 0 Å². The van der Waals surface area contributed by atoms with Crippen molar-refractivity contribution in [3.8, 4) is 0 Å². The predicted molar refractivity (Wildman–Crippen MR) is 94.0 cm³/mol. The highest BCUT2D eigenvalue weighted by atomic mass is 16.3. The second-order valence-electron chi connectivity index (χ2n) is 6.52. The van der Waals surface area contributed by atoms with E-state index >= 15 is 0 Å². The summed E-state index contributed by atoms with van der Waals surface area (Å²) in [6, 6.07) is 3.38. The van der Waals surface area contributed by atoms with Gasteiger partial charge in [-0.1, -0.05) is 0 Å². The molecule has 136 valence electrons. The maximum Gasteiger partial charge on any atom is 0.289 e. The van der Waals surface area contributed by atoms with E-state index in [1.54, 1.807) is 23.2 Å². The summed E-state index contributed by atoms with van der Waals surface area (Å²) in [6.45, 7) is 4.01. The number of nitrogens with zero attached hydrogens (tertiary/aromatic N) is 5. The fourth-order valence-electron chi connectivity index (χ4n) is 3.39. The summed E-state index contributed by atoms with van der Waals surface area (Å²) in [7, 11) is 0. The van der Waals surface area contributed by atoms with Crippen molar-refractivity contribution >= 4 is 17.6 Å². The summed E-state index contributed by atoms with van der Waals surface area (Å²) in [5.41, 5.74) is 0.387. The molecule has 0 aliphatic carbocycles. The maximum atomic E-state index is 12.5. The van der Waals surface area contributed by atoms with Crippen LogP contribution in [0.4, 0.5) is 5.82 Å². The molecule has 0 radical (unpaired) electrons. The molecule has 0 aromatic carbocycles. The zero-order chi connectivity index (χ0) is 17.9. The summed E-state index contributed by atoms with van der Waals surface area (Å²) in [5, 5.41) is 0. The number of anilines is 1. The first-order chi connectivity index (χ1) is 12.7. The Morgan fingerprint density at radius 2 is 1.65 bits per heavy atom. The van der Waals surface area contributed by atoms with Gasteiger partial charge < -0.3 is 19.1 Å². The average Bonchev–Trinajstić information content (AvgIpc) is 3.41. The Kier molecular flexibility index (Phi) is 4.55. The molecule has 2 amide bonds. The van der Waals surface area contributed by atoms with Gasteiger partial charge in [-0.25, -0.2) is 4.98 Å². The van der Waals surface area contributed by atoms with Crippen molar-refractivity contribution in [1.82, 2.24) is 19.8 Å². The van der Waals surface area contributed by atoms with Crippen LogP contribution in [0.3, 0.4) is 0 Å². The SMILES string of the molecule is O=C(c1cncc(N2CCN(C(=O)c3ccco3)CC2)n1)N1CCCC1. The van der Waals surface area contributed by atoms with E-state index in [1.165, 1.54) is 12.5 Å². The summed E-state index contributed by atoms with van der Waals surface area (Å²) in [6.07, 6.45) is 6.79. The fraction of sp³-hybridized carbons (Fsp3) is 0.444. The Hall–Kier alpha value is -2.90. The molecule has 2 aliphatic rings. The molecular formula is C18H21N5O3. The van der Waals surface area contributed by atoms with E-state index in [4.69, 9.17) is 4.42 Å². The monoisotopic (exact) mass is 355 g/mol. The van der Waals surface area contributed by atoms with Gasteiger partial charge in [0.05, 0.1) is 18.7 Å². The van der Waals surface area contributed by atoms with E-state index in [9.17, 15) is 9.59 Å². The van der Waals surface area contributed by atoms with E-state index in [0.717, 1.165) is 25.9 Å². The normalized spacial score (nSPS) is 17.6. The Labute approximate surface area is 151 Å². The maximum absolute atomic E-state index is 12.5. The van der Waals surface area contributed by atoms with Gasteiger partial charge in [0.15, 0.2) is 5.76 Å². The molecule has 0 unspecified atom stereocenters. The molecule has 8 heteroatoms. The highest BCUT2D eigenvalue weighted by Gasteiger charge is 2.26. The van der Waals surface area contributed by atoms with E-state index in [-0.39, 0.29) is 11.8 Å². The molecular weight excluding hydrogens is 334 g/mol. The number of hydrogen-bond donors (Lipinski definition) is 0. The predicted octanol–water partition coefficient (Wildman–Crippen LogP) is 1.27. The fourth-order valence-corrected chi connectivity index (χ4v) is 3.39. The van der Waals surface area contributed by atoms with Crippen LogP contribution in [-0.4, -0.2) is 70.9 Å². The summed E-state index contributed by atoms with van der Waals surface area (Å²) in [4.78, 5) is 39.2. The topological polar surface area (TPSA) is 82.8 Å². The van der Waals surface area contributed by atoms with E-state index in [0.29, 0.717) is 43.5 Å². The number of rotatable bonds is 3. The summed E-state index contributed by atoms with van der Waals surface area (Å²) >= 11 is 0. The molecule has 2 saturated heterocycles. The van der Waals surface area contributed by atoms with Crippen molar-refractivity contribution in [3.63, 3.8) is 0 Å². The third-order valence-electron chi connectivity index (χ3n) is 4.86. The lowest BCUT2D eigenvalue weighted by atomic mass is 10.3. The molecule has 0 atom stereocenters. The smallest absolute Gasteiger partial charge is 0.289 e. The third kappa shape index (κ3) is 3.26. The molecule has 2 aliphatic heterocycles. The van der Waals surface area contributed by atoms with E-state index in [1.807, 2.05) is 4.90 Å². The Balaban J connectivity index is 1.40. The number of hydrogen-bond acceptors (Lipinski definition) is 6. The van der Waals surface area contributed by atoms with Crippen LogP contribution in [-0.2, 0) is 0 Å². The van der Waals surface area contributed by atoms with Crippen molar-refractivity contribution < 1.29 is 14.0 Å². The molecule has 4 heterocycles. The van der Waals surface area contributed by atoms with E-state index in [2.05, 4.69) is 14.9 Å². The average molecular weight is 355 g/mol. The minimum Gasteiger partial charge on any atom is -0.459 e. The minimum absolute atomic E-state index is 0.0523. The van der Waals surface area contributed by atoms with Gasteiger partial charge in [-0.3, -0.25) is 14.6 Å². The zero-order valence-electron chi connectivity index (χ0n) is 14.5. The van der Waals surface area contributed by atoms with Crippen LogP contribution >= 0.6 is 0 Å². The Bertz CT molecular complexity index is 778. The number of carbonyl (C=O) groups excluding carboxylic acids is 2. The number of piperazine rings is 1. The lowest BCUT2D eigenvalue weighted by Gasteiger charge is -2.34. The second kappa shape index (κ2) is 7.15. The van der Waals surface area contributed by atoms with Crippen LogP contribution < -0.4 is 4.90 Å². The minimum atomic E-state index is -0.0984. The highest BCUT2D eigenvalue weighted by Crippen LogP contribution is 2.17. The molecule has 0 saturated carbocycles. The lowest BCUT2D eigenvalue weighted by Crippen LogP contribution is -2.49. The quantitative estimate of drug-likeness (QED) is 0.825. The molecule has 2 fully saturated rings. The van der Waals surface area contributed by atoms with Crippen LogP contribution in [0, 0.1) is 0 Å². The van der Waals surface area contributed by atoms with Gasteiger partial charge in [0.25, 0.3) is 11.8 Å². The molecule has 4 rings (SSSR count). The number of likely N-dealkylation sites (tertiary alicyclic amines) is 1. The van der Waals surface area contributed by atoms with E-state index < -0.39 is 0 Å². The van der Waals surface area contributed by atoms with Crippen LogP contribution in [0.2, 0.25) is 0 Å². The van der Waals surface area contributed by atoms with Gasteiger partial charge >= 0.3 is 0 Å². The first kappa shape index (κ1) is 16.6. The van der Waals surface area contributed by atoms with Crippen LogP contribution in [0.1, 0.15) is 33.9 Å². The van der Waals surface area contributed by atoms with Crippen molar-refractivity contribution in [1.29, 1.82) is 0 Å². The molecule has 8 nitrogen and oxygen atoms in total. The first-order valence-corrected chi connectivity index (χ1v) is 8.91. The molecule has 0 N–H and O–H groups in total. The summed E-state index contributed by atoms with van der Waals surface area (Å²) in [5.74, 6) is 0.888. The van der Waals surface area contributed by atoms with Crippen LogP contribution in [0.25, 0.3) is 0 Å². The van der Waals surface area contributed by atoms with Gasteiger partial charge in [-0.05, 0) is 25.0 Å². The second-order valence-corrected chi connectivity index (χ2v) is 6.52. The van der Waals surface area contributed by atoms with Crippen molar-refractivity contribution in [2.45, 2.75) is 12.8 Å². The lowest BCUT2D eigenvalue weighted by molar-refractivity contribution is 0.0714. The van der Waals surface area contributed by atoms with Gasteiger partial charge in [0.1, 0.15) is 11.5 Å². The van der Waals surface area contributed by atoms with Gasteiger partial charge in [-0.15, -0.1) is 0 Å². The van der Waals surface area contributed by atoms with Crippen molar-refractivity contribution in [2.75, 3.05) is 44.2 Å². The zero-order valence-corrected chi connectivity index (χ0v) is 14.5. The molecule has 2 aromatic heterocycles. The molecule has 0 bridgehead atoms. The molecule has 26 heavy (non-hydrogen) atoms. The largest absolute Gasteiger partial charge is 0.459 e. The number of furan rings is 1. The Morgan fingerprint density at radius 3 is 2.35 bits per heavy atom. The number of aromatic nitrogens is 2. The Morgan fingerprint density at radius 1 is 0.923 bits per heavy atom. The van der Waals surface area contributed by atoms with Gasteiger partial charge in [-0.2, -0.15) is 0 Å². The first-order valence-electron chi connectivity index (χ1n) is 8.91. The number of carbonyl (C=O) groups is 2. The third-order valence-corrected chi connectivity index (χ3v) is 4.86. The number of amides is 2. The van der Waals surface area contributed by atoms with Crippen LogP contribution in [0.15, 0.2) is 35.2 Å². The highest BCUT2D eigenvalue weighted by molar-refractivity contribution is 5.92. The van der Waals surface area contributed by atoms with Gasteiger partial charge in [0, 0.05) is 39.3 Å². The summed E-state index contributed by atoms with van der Waals surface area (Å²) < 4.78 is 5.18. The molecule has 2 aromatic rings.